The first-order chi connectivity index (χ1) is 16.2. The third-order valence-electron chi connectivity index (χ3n) is 5.80. The quantitative estimate of drug-likeness (QED) is 0.495. The highest BCUT2D eigenvalue weighted by Gasteiger charge is 2.15. The summed E-state index contributed by atoms with van der Waals surface area (Å²) in [5.74, 6) is 1.04. The van der Waals surface area contributed by atoms with Crippen LogP contribution in [0.15, 0.2) is 67.0 Å². The Bertz CT molecular complexity index is 1050. The molecule has 2 aromatic carbocycles. The maximum atomic E-state index is 12.9. The molecule has 2 heterocycles. The molecule has 0 bridgehead atoms. The number of carbonyl (C=O) groups excluding carboxylic acids is 1. The Hall–Kier alpha value is -3.38. The van der Waals surface area contributed by atoms with Gasteiger partial charge in [-0.25, -0.2) is 0 Å². The van der Waals surface area contributed by atoms with E-state index >= 15 is 0 Å². The molecular weight excluding hydrogens is 414 g/mol. The summed E-state index contributed by atoms with van der Waals surface area (Å²) >= 11 is 0. The van der Waals surface area contributed by atoms with Crippen LogP contribution in [0.3, 0.4) is 0 Å². The molecular formula is C27H31N3O3. The van der Waals surface area contributed by atoms with Gasteiger partial charge in [0.15, 0.2) is 11.5 Å². The van der Waals surface area contributed by atoms with E-state index in [9.17, 15) is 4.79 Å². The van der Waals surface area contributed by atoms with E-state index in [1.807, 2.05) is 25.1 Å². The number of pyridine rings is 1. The van der Waals surface area contributed by atoms with E-state index in [1.54, 1.807) is 30.6 Å². The van der Waals surface area contributed by atoms with Crippen LogP contribution in [0, 0.1) is 0 Å². The van der Waals surface area contributed by atoms with Gasteiger partial charge in [0, 0.05) is 31.0 Å². The van der Waals surface area contributed by atoms with Gasteiger partial charge in [0.1, 0.15) is 6.61 Å². The zero-order chi connectivity index (χ0) is 22.9. The smallest absolute Gasteiger partial charge is 0.251 e. The average Bonchev–Trinajstić information content (AvgIpc) is 3.36. The molecule has 3 aromatic rings. The van der Waals surface area contributed by atoms with E-state index in [0.717, 1.165) is 30.8 Å². The highest BCUT2D eigenvalue weighted by atomic mass is 16.5. The Morgan fingerprint density at radius 1 is 0.970 bits per heavy atom. The number of ether oxygens (including phenoxy) is 2. The van der Waals surface area contributed by atoms with E-state index in [0.29, 0.717) is 36.8 Å². The van der Waals surface area contributed by atoms with Gasteiger partial charge in [-0.05, 0) is 79.9 Å². The molecule has 172 valence electrons. The number of hydrogen-bond acceptors (Lipinski definition) is 5. The molecule has 0 unspecified atom stereocenters. The van der Waals surface area contributed by atoms with E-state index in [1.165, 1.54) is 18.4 Å². The fourth-order valence-corrected chi connectivity index (χ4v) is 4.02. The van der Waals surface area contributed by atoms with Crippen molar-refractivity contribution in [1.82, 2.24) is 15.2 Å². The van der Waals surface area contributed by atoms with Crippen molar-refractivity contribution in [2.45, 2.75) is 39.5 Å². The van der Waals surface area contributed by atoms with Crippen molar-refractivity contribution in [2.75, 3.05) is 19.7 Å². The van der Waals surface area contributed by atoms with E-state index in [4.69, 9.17) is 9.47 Å². The number of carbonyl (C=O) groups is 1. The summed E-state index contributed by atoms with van der Waals surface area (Å²) in [4.78, 5) is 19.4. The van der Waals surface area contributed by atoms with Gasteiger partial charge in [0.05, 0.1) is 6.61 Å². The van der Waals surface area contributed by atoms with Crippen LogP contribution >= 0.6 is 0 Å². The molecule has 1 fully saturated rings. The second-order valence-corrected chi connectivity index (χ2v) is 8.17. The normalized spacial score (nSPS) is 13.6. The lowest BCUT2D eigenvalue weighted by Gasteiger charge is -2.18. The Labute approximate surface area is 195 Å². The van der Waals surface area contributed by atoms with Crippen molar-refractivity contribution in [3.63, 3.8) is 0 Å². The number of benzene rings is 2. The molecule has 1 saturated heterocycles. The van der Waals surface area contributed by atoms with Crippen LogP contribution in [0.25, 0.3) is 0 Å². The number of nitrogens with one attached hydrogen (secondary N) is 1. The number of amides is 1. The molecule has 1 N–H and O–H groups in total. The van der Waals surface area contributed by atoms with Crippen molar-refractivity contribution in [3.8, 4) is 11.5 Å². The number of likely N-dealkylation sites (tertiary alicyclic amines) is 1. The largest absolute Gasteiger partial charge is 0.490 e. The topological polar surface area (TPSA) is 63.7 Å². The van der Waals surface area contributed by atoms with Crippen molar-refractivity contribution >= 4 is 5.91 Å². The lowest BCUT2D eigenvalue weighted by Crippen LogP contribution is -2.25. The summed E-state index contributed by atoms with van der Waals surface area (Å²) in [6, 6.07) is 17.5. The molecule has 0 aliphatic carbocycles. The Kier molecular flexibility index (Phi) is 7.93. The van der Waals surface area contributed by atoms with Gasteiger partial charge in [-0.15, -0.1) is 0 Å². The first-order valence-electron chi connectivity index (χ1n) is 11.6. The van der Waals surface area contributed by atoms with Gasteiger partial charge in [0.2, 0.25) is 0 Å². The molecule has 0 radical (unpaired) electrons. The molecule has 4 rings (SSSR count). The summed E-state index contributed by atoms with van der Waals surface area (Å²) in [5.41, 5.74) is 3.99. The predicted octanol–water partition coefficient (Wildman–Crippen LogP) is 4.59. The van der Waals surface area contributed by atoms with Crippen LogP contribution in [-0.4, -0.2) is 35.5 Å². The predicted molar refractivity (Wildman–Crippen MR) is 128 cm³/mol. The molecule has 0 saturated carbocycles. The zero-order valence-corrected chi connectivity index (χ0v) is 19.1. The minimum absolute atomic E-state index is 0.132. The van der Waals surface area contributed by atoms with Crippen LogP contribution in [0.1, 0.15) is 46.8 Å². The molecule has 1 aliphatic rings. The molecule has 1 amide bonds. The van der Waals surface area contributed by atoms with Crippen molar-refractivity contribution < 1.29 is 14.3 Å². The monoisotopic (exact) mass is 445 g/mol. The Morgan fingerprint density at radius 2 is 1.73 bits per heavy atom. The minimum atomic E-state index is -0.132. The van der Waals surface area contributed by atoms with Crippen molar-refractivity contribution in [1.29, 1.82) is 0 Å². The third-order valence-corrected chi connectivity index (χ3v) is 5.80. The molecule has 6 nitrogen and oxygen atoms in total. The van der Waals surface area contributed by atoms with Gasteiger partial charge >= 0.3 is 0 Å². The van der Waals surface area contributed by atoms with Crippen molar-refractivity contribution in [3.05, 3.63) is 89.2 Å². The number of aromatic nitrogens is 1. The fraction of sp³-hybridized carbons (Fsp3) is 0.333. The Balaban J connectivity index is 1.40. The molecule has 1 aromatic heterocycles. The molecule has 1 aliphatic heterocycles. The first-order valence-corrected chi connectivity index (χ1v) is 11.6. The molecule has 0 spiro atoms. The summed E-state index contributed by atoms with van der Waals surface area (Å²) in [7, 11) is 0. The van der Waals surface area contributed by atoms with Crippen LogP contribution in [0.4, 0.5) is 0 Å². The van der Waals surface area contributed by atoms with Crippen molar-refractivity contribution in [2.24, 2.45) is 0 Å². The van der Waals surface area contributed by atoms with Gasteiger partial charge < -0.3 is 14.8 Å². The second kappa shape index (κ2) is 11.5. The van der Waals surface area contributed by atoms with E-state index < -0.39 is 0 Å². The van der Waals surface area contributed by atoms with E-state index in [2.05, 4.69) is 33.4 Å². The first kappa shape index (κ1) is 22.8. The standard InChI is InChI=1S/C27H31N3O3/c1-2-32-26-17-22(9-10-25(26)33-20-21-11-13-28-14-12-21)27(31)29-18-23-7-3-4-8-24(23)19-30-15-5-6-16-30/h3-4,7-14,17H,2,5-6,15-16,18-20H2,1H3,(H,29,31). The van der Waals surface area contributed by atoms with Gasteiger partial charge in [-0.2, -0.15) is 0 Å². The fourth-order valence-electron chi connectivity index (χ4n) is 4.02. The van der Waals surface area contributed by atoms with Crippen LogP contribution in [0.2, 0.25) is 0 Å². The Morgan fingerprint density at radius 3 is 2.48 bits per heavy atom. The average molecular weight is 446 g/mol. The minimum Gasteiger partial charge on any atom is -0.490 e. The van der Waals surface area contributed by atoms with Crippen LogP contribution in [-0.2, 0) is 19.7 Å². The molecule has 0 atom stereocenters. The summed E-state index contributed by atoms with van der Waals surface area (Å²) in [5, 5.41) is 3.07. The third kappa shape index (κ3) is 6.33. The second-order valence-electron chi connectivity index (χ2n) is 8.17. The molecule has 33 heavy (non-hydrogen) atoms. The molecule has 6 heteroatoms. The van der Waals surface area contributed by atoms with Gasteiger partial charge in [-0.1, -0.05) is 24.3 Å². The summed E-state index contributed by atoms with van der Waals surface area (Å²) < 4.78 is 11.7. The van der Waals surface area contributed by atoms with Gasteiger partial charge in [0.25, 0.3) is 5.91 Å². The zero-order valence-electron chi connectivity index (χ0n) is 19.1. The highest BCUT2D eigenvalue weighted by molar-refractivity contribution is 5.94. The summed E-state index contributed by atoms with van der Waals surface area (Å²) in [6.45, 7) is 6.53. The highest BCUT2D eigenvalue weighted by Crippen LogP contribution is 2.29. The lowest BCUT2D eigenvalue weighted by atomic mass is 10.1. The number of nitrogens with zero attached hydrogens (tertiary/aromatic N) is 2. The van der Waals surface area contributed by atoms with E-state index in [-0.39, 0.29) is 5.91 Å². The van der Waals surface area contributed by atoms with Crippen LogP contribution < -0.4 is 14.8 Å². The number of hydrogen-bond donors (Lipinski definition) is 1. The lowest BCUT2D eigenvalue weighted by molar-refractivity contribution is 0.0950. The van der Waals surface area contributed by atoms with Gasteiger partial charge in [-0.3, -0.25) is 14.7 Å². The number of rotatable bonds is 10. The maximum Gasteiger partial charge on any atom is 0.251 e. The van der Waals surface area contributed by atoms with Crippen LogP contribution in [0.5, 0.6) is 11.5 Å². The maximum absolute atomic E-state index is 12.9. The SMILES string of the molecule is CCOc1cc(C(=O)NCc2ccccc2CN2CCCC2)ccc1OCc1ccncc1. The summed E-state index contributed by atoms with van der Waals surface area (Å²) in [6.07, 6.45) is 6.00.